The van der Waals surface area contributed by atoms with Crippen molar-refractivity contribution in [2.45, 2.75) is 49.9 Å². The van der Waals surface area contributed by atoms with Gasteiger partial charge in [-0.15, -0.1) is 0 Å². The highest BCUT2D eigenvalue weighted by Gasteiger charge is 2.33. The molecule has 2 aromatic rings. The topological polar surface area (TPSA) is 92.1 Å². The first-order chi connectivity index (χ1) is 17.9. The molecule has 1 saturated heterocycles. The molecule has 0 saturated carbocycles. The average Bonchev–Trinajstić information content (AvgIpc) is 2.93. The second kappa shape index (κ2) is 12.2. The summed E-state index contributed by atoms with van der Waals surface area (Å²) in [5.41, 5.74) is 1.68. The van der Waals surface area contributed by atoms with Gasteiger partial charge in [0.05, 0.1) is 29.4 Å². The van der Waals surface area contributed by atoms with Gasteiger partial charge in [-0.3, -0.25) is 9.59 Å². The second-order valence-corrected chi connectivity index (χ2v) is 9.88. The molecule has 4 rings (SSSR count). The van der Waals surface area contributed by atoms with E-state index in [0.29, 0.717) is 30.0 Å². The minimum absolute atomic E-state index is 0.0127. The van der Waals surface area contributed by atoms with Crippen LogP contribution in [0.25, 0.3) is 0 Å². The number of nitrogens with zero attached hydrogens (tertiary/aromatic N) is 3. The van der Waals surface area contributed by atoms with Crippen LogP contribution in [0.4, 0.5) is 0 Å². The highest BCUT2D eigenvalue weighted by molar-refractivity contribution is 5.97. The van der Waals surface area contributed by atoms with Crippen molar-refractivity contribution in [3.05, 3.63) is 65.2 Å². The van der Waals surface area contributed by atoms with E-state index in [1.807, 2.05) is 37.4 Å². The van der Waals surface area contributed by atoms with Crippen molar-refractivity contribution >= 4 is 11.8 Å². The first kappa shape index (κ1) is 26.6. The van der Waals surface area contributed by atoms with Crippen LogP contribution in [0.1, 0.15) is 53.1 Å². The van der Waals surface area contributed by atoms with Gasteiger partial charge in [0.25, 0.3) is 5.91 Å². The Kier molecular flexibility index (Phi) is 8.80. The second-order valence-electron chi connectivity index (χ2n) is 9.88. The molecule has 2 aliphatic heterocycles. The van der Waals surface area contributed by atoms with E-state index in [1.165, 1.54) is 0 Å². The van der Waals surface area contributed by atoms with Gasteiger partial charge in [-0.2, -0.15) is 5.26 Å². The number of ether oxygens (including phenoxy) is 3. The summed E-state index contributed by atoms with van der Waals surface area (Å²) in [6.07, 6.45) is 2.23. The molecule has 1 fully saturated rings. The van der Waals surface area contributed by atoms with Gasteiger partial charge in [-0.05, 0) is 43.0 Å². The summed E-state index contributed by atoms with van der Waals surface area (Å²) >= 11 is 0. The normalized spacial score (nSPS) is 25.7. The first-order valence-corrected chi connectivity index (χ1v) is 12.8. The maximum atomic E-state index is 13.6. The summed E-state index contributed by atoms with van der Waals surface area (Å²) in [6, 6.07) is 16.8. The molecule has 2 aliphatic rings. The number of nitriles is 1. The lowest BCUT2D eigenvalue weighted by Gasteiger charge is -2.36. The molecule has 0 radical (unpaired) electrons. The number of benzene rings is 2. The Labute approximate surface area is 218 Å². The van der Waals surface area contributed by atoms with Crippen molar-refractivity contribution in [3.8, 4) is 11.8 Å². The van der Waals surface area contributed by atoms with Gasteiger partial charge in [0.1, 0.15) is 18.5 Å². The molecule has 2 amide bonds. The minimum Gasteiger partial charge on any atom is -0.490 e. The molecule has 196 valence electrons. The highest BCUT2D eigenvalue weighted by Crippen LogP contribution is 2.29. The van der Waals surface area contributed by atoms with E-state index in [2.05, 4.69) is 6.07 Å². The fraction of sp³-hybridized carbons (Fsp3) is 0.483. The van der Waals surface area contributed by atoms with E-state index < -0.39 is 0 Å². The van der Waals surface area contributed by atoms with E-state index in [9.17, 15) is 14.9 Å². The van der Waals surface area contributed by atoms with Crippen molar-refractivity contribution in [1.29, 1.82) is 5.26 Å². The van der Waals surface area contributed by atoms with Gasteiger partial charge in [-0.1, -0.05) is 30.3 Å². The molecule has 2 aromatic carbocycles. The molecule has 0 spiro atoms. The fourth-order valence-electron chi connectivity index (χ4n) is 5.09. The molecule has 37 heavy (non-hydrogen) atoms. The summed E-state index contributed by atoms with van der Waals surface area (Å²) in [5, 5.41) is 9.46. The minimum atomic E-state index is -0.309. The Hall–Kier alpha value is -3.41. The number of carbonyl (C=O) groups excluding carboxylic acids is 2. The zero-order valence-corrected chi connectivity index (χ0v) is 21.8. The standard InChI is InChI=1S/C29H35N3O5/c1-31-14-13-23-10-12-26(35-3)27(37-23)19-36-25-11-9-20(17-30)15-24(25)29(34)32(2)18-22(16-28(31)33)21-7-5-4-6-8-21/h4-9,11,15,22-23,26-27H,10,12-14,16,18-19H2,1-3H3/t22-,23+,26-,27+/m0/s1. The molecule has 0 aromatic heterocycles. The summed E-state index contributed by atoms with van der Waals surface area (Å²) < 4.78 is 18.1. The van der Waals surface area contributed by atoms with Gasteiger partial charge in [-0.25, -0.2) is 0 Å². The van der Waals surface area contributed by atoms with Crippen molar-refractivity contribution < 1.29 is 23.8 Å². The Balaban J connectivity index is 1.68. The average molecular weight is 506 g/mol. The number of amides is 2. The molecule has 8 heteroatoms. The zero-order valence-electron chi connectivity index (χ0n) is 21.8. The van der Waals surface area contributed by atoms with Crippen LogP contribution in [0.15, 0.2) is 48.5 Å². The Morgan fingerprint density at radius 1 is 1.03 bits per heavy atom. The van der Waals surface area contributed by atoms with E-state index in [-0.39, 0.29) is 49.1 Å². The summed E-state index contributed by atoms with van der Waals surface area (Å²) in [6.45, 7) is 1.15. The number of rotatable bonds is 2. The van der Waals surface area contributed by atoms with Crippen molar-refractivity contribution in [1.82, 2.24) is 9.80 Å². The third-order valence-electron chi connectivity index (χ3n) is 7.35. The number of likely N-dealkylation sites (N-methyl/N-ethyl adjacent to an activating group) is 1. The van der Waals surface area contributed by atoms with Crippen LogP contribution in [-0.2, 0) is 14.3 Å². The Bertz CT molecular complexity index is 1130. The zero-order chi connectivity index (χ0) is 26.4. The van der Waals surface area contributed by atoms with E-state index in [1.54, 1.807) is 42.2 Å². The maximum absolute atomic E-state index is 13.6. The van der Waals surface area contributed by atoms with Crippen LogP contribution < -0.4 is 4.74 Å². The van der Waals surface area contributed by atoms with Gasteiger partial charge in [0.15, 0.2) is 0 Å². The summed E-state index contributed by atoms with van der Waals surface area (Å²) in [4.78, 5) is 30.2. The van der Waals surface area contributed by atoms with Crippen molar-refractivity contribution in [2.24, 2.45) is 0 Å². The molecule has 8 nitrogen and oxygen atoms in total. The molecule has 0 N–H and O–H groups in total. The SMILES string of the molecule is CO[C@H]1CC[C@@H]2CCN(C)C(=O)C[C@H](c3ccccc3)CN(C)C(=O)c3cc(C#N)ccc3OC[C@H]1O2. The number of hydrogen-bond acceptors (Lipinski definition) is 6. The van der Waals surface area contributed by atoms with Crippen LogP contribution in [0, 0.1) is 11.3 Å². The van der Waals surface area contributed by atoms with Crippen LogP contribution in [0.5, 0.6) is 5.75 Å². The van der Waals surface area contributed by atoms with Gasteiger partial charge >= 0.3 is 0 Å². The van der Waals surface area contributed by atoms with Crippen LogP contribution in [0.2, 0.25) is 0 Å². The molecular weight excluding hydrogens is 470 g/mol. The van der Waals surface area contributed by atoms with Gasteiger partial charge in [0, 0.05) is 46.6 Å². The van der Waals surface area contributed by atoms with Gasteiger partial charge in [0.2, 0.25) is 5.91 Å². The number of carbonyl (C=O) groups is 2. The smallest absolute Gasteiger partial charge is 0.257 e. The lowest BCUT2D eigenvalue weighted by molar-refractivity contribution is -0.145. The Morgan fingerprint density at radius 3 is 2.54 bits per heavy atom. The summed E-state index contributed by atoms with van der Waals surface area (Å²) in [5.74, 6) is -0.0269. The van der Waals surface area contributed by atoms with Crippen LogP contribution in [0.3, 0.4) is 0 Å². The molecule has 0 aliphatic carbocycles. The predicted octanol–water partition coefficient (Wildman–Crippen LogP) is 3.61. The van der Waals surface area contributed by atoms with E-state index >= 15 is 0 Å². The molecule has 4 atom stereocenters. The largest absolute Gasteiger partial charge is 0.490 e. The van der Waals surface area contributed by atoms with E-state index in [4.69, 9.17) is 14.2 Å². The lowest BCUT2D eigenvalue weighted by Crippen LogP contribution is -2.44. The Morgan fingerprint density at radius 2 is 1.81 bits per heavy atom. The molecule has 0 unspecified atom stereocenters. The maximum Gasteiger partial charge on any atom is 0.257 e. The van der Waals surface area contributed by atoms with Crippen molar-refractivity contribution in [3.63, 3.8) is 0 Å². The third-order valence-corrected chi connectivity index (χ3v) is 7.35. The molecular formula is C29H35N3O5. The third kappa shape index (κ3) is 6.48. The van der Waals surface area contributed by atoms with E-state index in [0.717, 1.165) is 24.8 Å². The lowest BCUT2D eigenvalue weighted by atomic mass is 9.94. The quantitative estimate of drug-likeness (QED) is 0.619. The van der Waals surface area contributed by atoms with Gasteiger partial charge < -0.3 is 24.0 Å². The highest BCUT2D eigenvalue weighted by atomic mass is 16.6. The molecule has 2 heterocycles. The number of fused-ring (bicyclic) bond motifs is 3. The predicted molar refractivity (Wildman–Crippen MR) is 138 cm³/mol. The number of methoxy groups -OCH3 is 1. The summed E-state index contributed by atoms with van der Waals surface area (Å²) in [7, 11) is 5.20. The van der Waals surface area contributed by atoms with Crippen LogP contribution in [-0.4, -0.2) is 80.8 Å². The van der Waals surface area contributed by atoms with Crippen LogP contribution >= 0.6 is 0 Å². The fourth-order valence-corrected chi connectivity index (χ4v) is 5.09. The number of hydrogen-bond donors (Lipinski definition) is 0. The van der Waals surface area contributed by atoms with Crippen molar-refractivity contribution in [2.75, 3.05) is 40.9 Å². The first-order valence-electron chi connectivity index (χ1n) is 12.8. The molecule has 2 bridgehead atoms. The monoisotopic (exact) mass is 505 g/mol.